The monoisotopic (exact) mass is 399 g/mol. The lowest BCUT2D eigenvalue weighted by atomic mass is 10.1. The topological polar surface area (TPSA) is 103 Å². The Hall–Kier alpha value is -3.33. The van der Waals surface area contributed by atoms with Crippen molar-refractivity contribution in [1.29, 1.82) is 0 Å². The van der Waals surface area contributed by atoms with Crippen molar-refractivity contribution in [3.05, 3.63) is 62.5 Å². The van der Waals surface area contributed by atoms with Crippen LogP contribution in [0.15, 0.2) is 46.3 Å². The number of amides is 1. The molecule has 3 rings (SSSR count). The van der Waals surface area contributed by atoms with E-state index in [4.69, 9.17) is 9.47 Å². The lowest BCUT2D eigenvalue weighted by Gasteiger charge is -2.07. The maximum Gasteiger partial charge on any atom is 0.269 e. The second-order valence-corrected chi connectivity index (χ2v) is 6.85. The Balaban J connectivity index is 1.87. The van der Waals surface area contributed by atoms with Crippen molar-refractivity contribution in [2.45, 2.75) is 6.92 Å². The predicted octanol–water partition coefficient (Wildman–Crippen LogP) is 3.81. The van der Waals surface area contributed by atoms with Gasteiger partial charge in [-0.25, -0.2) is 4.99 Å². The van der Waals surface area contributed by atoms with Crippen LogP contribution in [0.5, 0.6) is 11.5 Å². The van der Waals surface area contributed by atoms with Gasteiger partial charge in [0.05, 0.1) is 29.7 Å². The van der Waals surface area contributed by atoms with E-state index in [1.54, 1.807) is 51.5 Å². The number of hydrogen-bond acceptors (Lipinski definition) is 7. The summed E-state index contributed by atoms with van der Waals surface area (Å²) in [7, 11) is 3.11. The van der Waals surface area contributed by atoms with Crippen molar-refractivity contribution in [2.75, 3.05) is 14.2 Å². The summed E-state index contributed by atoms with van der Waals surface area (Å²) in [5.41, 5.74) is 1.92. The molecule has 1 heterocycles. The van der Waals surface area contributed by atoms with Gasteiger partial charge in [0.15, 0.2) is 5.17 Å². The molecule has 144 valence electrons. The van der Waals surface area contributed by atoms with Crippen LogP contribution in [0, 0.1) is 17.0 Å². The van der Waals surface area contributed by atoms with Crippen molar-refractivity contribution in [3.63, 3.8) is 0 Å². The molecule has 8 nitrogen and oxygen atoms in total. The van der Waals surface area contributed by atoms with Crippen LogP contribution in [0.3, 0.4) is 0 Å². The summed E-state index contributed by atoms with van der Waals surface area (Å²) in [6, 6.07) is 9.70. The van der Waals surface area contributed by atoms with Gasteiger partial charge in [-0.15, -0.1) is 0 Å². The van der Waals surface area contributed by atoms with Crippen LogP contribution in [0.25, 0.3) is 6.08 Å². The van der Waals surface area contributed by atoms with Gasteiger partial charge in [-0.3, -0.25) is 14.9 Å². The maximum atomic E-state index is 12.3. The van der Waals surface area contributed by atoms with Gasteiger partial charge in [-0.1, -0.05) is 0 Å². The van der Waals surface area contributed by atoms with E-state index in [1.807, 2.05) is 0 Å². The molecule has 0 unspecified atom stereocenters. The molecule has 0 aliphatic carbocycles. The highest BCUT2D eigenvalue weighted by Gasteiger charge is 2.24. The number of nitrogens with zero attached hydrogens (tertiary/aromatic N) is 2. The molecule has 0 spiro atoms. The fraction of sp³-hybridized carbons (Fsp3) is 0.158. The molecular weight excluding hydrogens is 382 g/mol. The first-order valence-corrected chi connectivity index (χ1v) is 8.99. The summed E-state index contributed by atoms with van der Waals surface area (Å²) in [4.78, 5) is 27.5. The molecule has 0 aromatic heterocycles. The van der Waals surface area contributed by atoms with Crippen molar-refractivity contribution in [2.24, 2.45) is 4.99 Å². The van der Waals surface area contributed by atoms with E-state index in [0.717, 1.165) is 5.56 Å². The van der Waals surface area contributed by atoms with Crippen LogP contribution < -0.4 is 14.8 Å². The van der Waals surface area contributed by atoms with E-state index in [9.17, 15) is 14.9 Å². The number of ether oxygens (including phenoxy) is 2. The molecule has 1 fully saturated rings. The minimum absolute atomic E-state index is 0.00301. The maximum absolute atomic E-state index is 12.3. The Morgan fingerprint density at radius 3 is 2.61 bits per heavy atom. The number of non-ortho nitro benzene ring substituents is 1. The number of carbonyl (C=O) groups excluding carboxylic acids is 1. The van der Waals surface area contributed by atoms with E-state index in [1.165, 1.54) is 23.9 Å². The molecule has 9 heteroatoms. The van der Waals surface area contributed by atoms with Crippen LogP contribution in [0.2, 0.25) is 0 Å². The molecule has 0 radical (unpaired) electrons. The number of aliphatic imine (C=N–C) groups is 1. The molecule has 0 saturated carbocycles. The largest absolute Gasteiger partial charge is 0.497 e. The van der Waals surface area contributed by atoms with Crippen LogP contribution in [0.1, 0.15) is 11.1 Å². The van der Waals surface area contributed by atoms with E-state index in [2.05, 4.69) is 10.3 Å². The van der Waals surface area contributed by atoms with Gasteiger partial charge in [0.1, 0.15) is 11.5 Å². The second kappa shape index (κ2) is 8.13. The van der Waals surface area contributed by atoms with Gasteiger partial charge < -0.3 is 14.8 Å². The summed E-state index contributed by atoms with van der Waals surface area (Å²) in [5.74, 6) is 0.955. The summed E-state index contributed by atoms with van der Waals surface area (Å²) in [6.45, 7) is 1.73. The van der Waals surface area contributed by atoms with Crippen molar-refractivity contribution < 1.29 is 19.2 Å². The molecule has 28 heavy (non-hydrogen) atoms. The van der Waals surface area contributed by atoms with Crippen LogP contribution in [0.4, 0.5) is 11.4 Å². The average molecular weight is 399 g/mol. The van der Waals surface area contributed by atoms with Crippen LogP contribution in [-0.4, -0.2) is 30.2 Å². The van der Waals surface area contributed by atoms with Gasteiger partial charge in [0, 0.05) is 23.8 Å². The summed E-state index contributed by atoms with van der Waals surface area (Å²) < 4.78 is 10.5. The third kappa shape index (κ3) is 4.15. The van der Waals surface area contributed by atoms with Gasteiger partial charge in [-0.05, 0) is 48.5 Å². The predicted molar refractivity (Wildman–Crippen MR) is 108 cm³/mol. The van der Waals surface area contributed by atoms with Crippen molar-refractivity contribution in [3.8, 4) is 11.5 Å². The molecule has 0 atom stereocenters. The number of hydrogen-bond donors (Lipinski definition) is 1. The number of benzene rings is 2. The lowest BCUT2D eigenvalue weighted by molar-refractivity contribution is -0.384. The van der Waals surface area contributed by atoms with E-state index < -0.39 is 4.92 Å². The van der Waals surface area contributed by atoms with Gasteiger partial charge in [0.25, 0.3) is 11.6 Å². The molecular formula is C19H17N3O5S. The number of nitro benzene ring substituents is 1. The molecule has 1 aliphatic rings. The third-order valence-corrected chi connectivity index (χ3v) is 4.90. The first kappa shape index (κ1) is 19.4. The first-order valence-electron chi connectivity index (χ1n) is 8.18. The molecule has 2 aromatic rings. The molecule has 1 saturated heterocycles. The van der Waals surface area contributed by atoms with E-state index in [-0.39, 0.29) is 11.6 Å². The Labute approximate surface area is 165 Å². The fourth-order valence-electron chi connectivity index (χ4n) is 2.55. The van der Waals surface area contributed by atoms with Crippen molar-refractivity contribution >= 4 is 40.3 Å². The lowest BCUT2D eigenvalue weighted by Crippen LogP contribution is -2.19. The Bertz CT molecular complexity index is 1020. The number of nitro groups is 1. The average Bonchev–Trinajstić information content (AvgIpc) is 3.02. The zero-order valence-corrected chi connectivity index (χ0v) is 16.2. The molecule has 2 aromatic carbocycles. The normalized spacial score (nSPS) is 16.3. The zero-order valence-electron chi connectivity index (χ0n) is 15.4. The number of methoxy groups -OCH3 is 2. The van der Waals surface area contributed by atoms with Gasteiger partial charge >= 0.3 is 0 Å². The number of amidine groups is 1. The highest BCUT2D eigenvalue weighted by atomic mass is 32.2. The standard InChI is InChI=1S/C19H17N3O5S/c1-11-8-13(22(24)25)5-7-15(11)20-19-21-18(23)17(28-19)9-12-4-6-14(26-2)10-16(12)27-3/h4-10H,1-3H3,(H,20,21,23)/b17-9-. The number of aryl methyl sites for hydroxylation is 1. The van der Waals surface area contributed by atoms with Crippen LogP contribution in [-0.2, 0) is 4.79 Å². The summed E-state index contributed by atoms with van der Waals surface area (Å²) >= 11 is 1.19. The van der Waals surface area contributed by atoms with E-state index >= 15 is 0 Å². The number of carbonyl (C=O) groups is 1. The fourth-order valence-corrected chi connectivity index (χ4v) is 3.37. The number of rotatable bonds is 5. The zero-order chi connectivity index (χ0) is 20.3. The summed E-state index contributed by atoms with van der Waals surface area (Å²) in [6.07, 6.45) is 1.71. The SMILES string of the molecule is COc1ccc(/C=C2\SC(=Nc3ccc([N+](=O)[O-])cc3C)NC2=O)c(OC)c1. The Kier molecular flexibility index (Phi) is 5.65. The molecule has 1 N–H and O–H groups in total. The minimum atomic E-state index is -0.459. The highest BCUT2D eigenvalue weighted by molar-refractivity contribution is 8.18. The second-order valence-electron chi connectivity index (χ2n) is 5.82. The number of nitrogens with one attached hydrogen (secondary N) is 1. The highest BCUT2D eigenvalue weighted by Crippen LogP contribution is 2.33. The van der Waals surface area contributed by atoms with Gasteiger partial charge in [0.2, 0.25) is 0 Å². The van der Waals surface area contributed by atoms with E-state index in [0.29, 0.717) is 32.8 Å². The summed E-state index contributed by atoms with van der Waals surface area (Å²) in [5, 5.41) is 14.0. The molecule has 0 bridgehead atoms. The van der Waals surface area contributed by atoms with Crippen LogP contribution >= 0.6 is 11.8 Å². The van der Waals surface area contributed by atoms with Gasteiger partial charge in [-0.2, -0.15) is 0 Å². The molecule has 1 amide bonds. The quantitative estimate of drug-likeness (QED) is 0.466. The minimum Gasteiger partial charge on any atom is -0.497 e. The third-order valence-electron chi connectivity index (χ3n) is 3.99. The van der Waals surface area contributed by atoms with Crippen molar-refractivity contribution in [1.82, 2.24) is 5.32 Å². The Morgan fingerprint density at radius 1 is 1.18 bits per heavy atom. The first-order chi connectivity index (χ1) is 13.4. The smallest absolute Gasteiger partial charge is 0.269 e. The number of thioether (sulfide) groups is 1. The Morgan fingerprint density at radius 2 is 1.96 bits per heavy atom. The molecule has 1 aliphatic heterocycles.